The van der Waals surface area contributed by atoms with E-state index < -0.39 is 0 Å². The minimum Gasteiger partial charge on any atom is -0.374 e. The van der Waals surface area contributed by atoms with Crippen LogP contribution in [0.1, 0.15) is 24.4 Å². The lowest BCUT2D eigenvalue weighted by Crippen LogP contribution is -2.27. The zero-order valence-corrected chi connectivity index (χ0v) is 16.6. The minimum absolute atomic E-state index is 0.0747. The van der Waals surface area contributed by atoms with Crippen LogP contribution in [0.4, 0.5) is 5.69 Å². The van der Waals surface area contributed by atoms with E-state index in [0.29, 0.717) is 22.4 Å². The number of aromatic amines is 1. The van der Waals surface area contributed by atoms with E-state index in [1.54, 1.807) is 17.1 Å². The van der Waals surface area contributed by atoms with Gasteiger partial charge in [0.2, 0.25) is 0 Å². The molecule has 0 fully saturated rings. The van der Waals surface area contributed by atoms with E-state index in [1.807, 2.05) is 68.4 Å². The number of H-pyrrole nitrogens is 1. The number of nitrogens with zero attached hydrogens (tertiary/aromatic N) is 4. The third kappa shape index (κ3) is 2.91. The van der Waals surface area contributed by atoms with Gasteiger partial charge in [0.1, 0.15) is 11.3 Å². The lowest BCUT2D eigenvalue weighted by molar-refractivity contribution is 0.735. The van der Waals surface area contributed by atoms with E-state index in [2.05, 4.69) is 20.3 Å². The highest BCUT2D eigenvalue weighted by Crippen LogP contribution is 2.25. The van der Waals surface area contributed by atoms with Crippen LogP contribution < -0.4 is 10.9 Å². The van der Waals surface area contributed by atoms with E-state index in [-0.39, 0.29) is 11.6 Å². The molecule has 0 aliphatic heterocycles. The maximum Gasteiger partial charge on any atom is 0.266 e. The highest BCUT2D eigenvalue weighted by molar-refractivity contribution is 5.85. The number of rotatable bonds is 4. The largest absolute Gasteiger partial charge is 0.374 e. The number of benzene rings is 2. The van der Waals surface area contributed by atoms with Crippen LogP contribution in [0.2, 0.25) is 0 Å². The van der Waals surface area contributed by atoms with Gasteiger partial charge in [-0.15, -0.1) is 0 Å². The summed E-state index contributed by atoms with van der Waals surface area (Å²) in [4.78, 5) is 30.0. The Morgan fingerprint density at radius 2 is 1.87 bits per heavy atom. The van der Waals surface area contributed by atoms with Crippen molar-refractivity contribution in [3.05, 3.63) is 88.9 Å². The number of anilines is 1. The summed E-state index contributed by atoms with van der Waals surface area (Å²) in [6, 6.07) is 17.0. The quantitative estimate of drug-likeness (QED) is 0.477. The second-order valence-electron chi connectivity index (χ2n) is 7.24. The van der Waals surface area contributed by atoms with E-state index in [1.165, 1.54) is 0 Å². The number of para-hydroxylation sites is 1. The van der Waals surface area contributed by atoms with Gasteiger partial charge in [0.15, 0.2) is 5.65 Å². The van der Waals surface area contributed by atoms with Gasteiger partial charge in [0.25, 0.3) is 5.56 Å². The monoisotopic (exact) mass is 396 g/mol. The van der Waals surface area contributed by atoms with Gasteiger partial charge in [-0.05, 0) is 43.7 Å². The summed E-state index contributed by atoms with van der Waals surface area (Å²) < 4.78 is 1.69. The van der Waals surface area contributed by atoms with Crippen molar-refractivity contribution in [3.8, 4) is 5.69 Å². The van der Waals surface area contributed by atoms with Crippen molar-refractivity contribution in [3.63, 3.8) is 0 Å². The molecule has 2 N–H and O–H groups in total. The Morgan fingerprint density at radius 1 is 1.03 bits per heavy atom. The van der Waals surface area contributed by atoms with Crippen LogP contribution in [0, 0.1) is 6.92 Å². The SMILES string of the molecule is Cc1cccc2nc(C(C)Nc3ccnc4nc[nH]c34)n(-c3ccccc3)c(=O)c12. The van der Waals surface area contributed by atoms with Gasteiger partial charge in [-0.2, -0.15) is 0 Å². The van der Waals surface area contributed by atoms with Crippen molar-refractivity contribution in [1.82, 2.24) is 24.5 Å². The Balaban J connectivity index is 1.71. The van der Waals surface area contributed by atoms with Gasteiger partial charge in [0.05, 0.1) is 34.6 Å². The second kappa shape index (κ2) is 7.11. The predicted molar refractivity (Wildman–Crippen MR) is 118 cm³/mol. The molecule has 0 bridgehead atoms. The number of imidazole rings is 1. The maximum atomic E-state index is 13.6. The molecule has 5 aromatic rings. The Kier molecular flexibility index (Phi) is 4.28. The first-order valence-electron chi connectivity index (χ1n) is 9.76. The second-order valence-corrected chi connectivity index (χ2v) is 7.24. The van der Waals surface area contributed by atoms with Gasteiger partial charge < -0.3 is 10.3 Å². The lowest BCUT2D eigenvalue weighted by Gasteiger charge is -2.21. The number of hydrogen-bond acceptors (Lipinski definition) is 5. The average Bonchev–Trinajstić information content (AvgIpc) is 3.24. The van der Waals surface area contributed by atoms with Crippen molar-refractivity contribution in [1.29, 1.82) is 0 Å². The highest BCUT2D eigenvalue weighted by Gasteiger charge is 2.19. The zero-order chi connectivity index (χ0) is 20.7. The molecule has 148 valence electrons. The molecule has 3 aromatic heterocycles. The molecule has 0 amide bonds. The molecule has 0 aliphatic carbocycles. The molecule has 0 aliphatic rings. The lowest BCUT2D eigenvalue weighted by atomic mass is 10.1. The van der Waals surface area contributed by atoms with Gasteiger partial charge in [-0.25, -0.2) is 15.0 Å². The molecule has 2 aromatic carbocycles. The Hall–Kier alpha value is -4.00. The smallest absolute Gasteiger partial charge is 0.266 e. The van der Waals surface area contributed by atoms with Crippen LogP contribution in [0.3, 0.4) is 0 Å². The van der Waals surface area contributed by atoms with E-state index in [0.717, 1.165) is 22.5 Å². The third-order valence-corrected chi connectivity index (χ3v) is 5.23. The summed E-state index contributed by atoms with van der Waals surface area (Å²) in [5, 5.41) is 4.11. The number of fused-ring (bicyclic) bond motifs is 2. The summed E-state index contributed by atoms with van der Waals surface area (Å²) >= 11 is 0. The number of hydrogen-bond donors (Lipinski definition) is 2. The van der Waals surface area contributed by atoms with Gasteiger partial charge >= 0.3 is 0 Å². The van der Waals surface area contributed by atoms with Gasteiger partial charge in [-0.1, -0.05) is 30.3 Å². The molecule has 0 spiro atoms. The Bertz CT molecular complexity index is 1420. The molecule has 3 heterocycles. The van der Waals surface area contributed by atoms with Crippen LogP contribution in [0.15, 0.2) is 71.9 Å². The van der Waals surface area contributed by atoms with Crippen LogP contribution >= 0.6 is 0 Å². The number of nitrogens with one attached hydrogen (secondary N) is 2. The van der Waals surface area contributed by atoms with Crippen LogP contribution in [-0.2, 0) is 0 Å². The van der Waals surface area contributed by atoms with Crippen LogP contribution in [0.5, 0.6) is 0 Å². The third-order valence-electron chi connectivity index (χ3n) is 5.23. The van der Waals surface area contributed by atoms with Crippen LogP contribution in [-0.4, -0.2) is 24.5 Å². The van der Waals surface area contributed by atoms with E-state index >= 15 is 0 Å². The Morgan fingerprint density at radius 3 is 2.70 bits per heavy atom. The van der Waals surface area contributed by atoms with E-state index in [9.17, 15) is 4.79 Å². The molecule has 30 heavy (non-hydrogen) atoms. The molecule has 7 nitrogen and oxygen atoms in total. The minimum atomic E-state index is -0.253. The van der Waals surface area contributed by atoms with Gasteiger partial charge in [0, 0.05) is 6.20 Å². The number of pyridine rings is 1. The molecule has 0 radical (unpaired) electrons. The summed E-state index contributed by atoms with van der Waals surface area (Å²) in [6.07, 6.45) is 3.32. The summed E-state index contributed by atoms with van der Waals surface area (Å²) in [5.41, 5.74) is 4.61. The standard InChI is InChI=1S/C23H20N6O/c1-14-7-6-10-17-19(14)23(30)29(16-8-4-3-5-9-16)22(28-17)15(2)27-18-11-12-24-21-20(18)25-13-26-21/h3-13,15H,1-2H3,(H2,24,25,26,27). The summed E-state index contributed by atoms with van der Waals surface area (Å²) in [5.74, 6) is 0.633. The fraction of sp³-hybridized carbons (Fsp3) is 0.130. The first-order chi connectivity index (χ1) is 14.6. The van der Waals surface area contributed by atoms with Crippen molar-refractivity contribution in [2.75, 3.05) is 5.32 Å². The molecular weight excluding hydrogens is 376 g/mol. The first kappa shape index (κ1) is 18.1. The normalized spacial score (nSPS) is 12.3. The van der Waals surface area contributed by atoms with Crippen LogP contribution in [0.25, 0.3) is 27.8 Å². The Labute approximate surface area is 172 Å². The molecule has 1 atom stereocenters. The fourth-order valence-corrected chi connectivity index (χ4v) is 3.80. The molecule has 5 rings (SSSR count). The van der Waals surface area contributed by atoms with Crippen molar-refractivity contribution in [2.45, 2.75) is 19.9 Å². The highest BCUT2D eigenvalue weighted by atomic mass is 16.1. The molecule has 0 saturated carbocycles. The average molecular weight is 396 g/mol. The van der Waals surface area contributed by atoms with Crippen molar-refractivity contribution >= 4 is 27.8 Å². The summed E-state index contributed by atoms with van der Waals surface area (Å²) in [7, 11) is 0. The van der Waals surface area contributed by atoms with E-state index in [4.69, 9.17) is 4.98 Å². The van der Waals surface area contributed by atoms with Crippen molar-refractivity contribution in [2.24, 2.45) is 0 Å². The fourth-order valence-electron chi connectivity index (χ4n) is 3.80. The number of aryl methyl sites for hydroxylation is 1. The molecule has 0 saturated heterocycles. The zero-order valence-electron chi connectivity index (χ0n) is 16.6. The molecule has 7 heteroatoms. The topological polar surface area (TPSA) is 88.5 Å². The van der Waals surface area contributed by atoms with Gasteiger partial charge in [-0.3, -0.25) is 9.36 Å². The predicted octanol–water partition coefficient (Wildman–Crippen LogP) is 4.14. The molecule has 1 unspecified atom stereocenters. The summed E-state index contributed by atoms with van der Waals surface area (Å²) in [6.45, 7) is 3.93. The maximum absolute atomic E-state index is 13.6. The molecular formula is C23H20N6O. The number of aromatic nitrogens is 5. The first-order valence-corrected chi connectivity index (χ1v) is 9.76. The van der Waals surface area contributed by atoms with Crippen molar-refractivity contribution < 1.29 is 0 Å².